The lowest BCUT2D eigenvalue weighted by atomic mass is 9.77. The van der Waals surface area contributed by atoms with Crippen molar-refractivity contribution >= 4 is 12.0 Å². The number of alkyl carbamates (subject to hydrolysis) is 1. The van der Waals surface area contributed by atoms with Crippen molar-refractivity contribution in [3.05, 3.63) is 71.3 Å². The number of nitrogens with zero attached hydrogens (tertiary/aromatic N) is 1. The van der Waals surface area contributed by atoms with E-state index in [2.05, 4.69) is 34.9 Å². The van der Waals surface area contributed by atoms with E-state index in [0.717, 1.165) is 50.5 Å². The van der Waals surface area contributed by atoms with E-state index < -0.39 is 81.2 Å². The van der Waals surface area contributed by atoms with Crippen molar-refractivity contribution < 1.29 is 65.4 Å². The molecule has 0 saturated heterocycles. The molecule has 16 heteroatoms. The van der Waals surface area contributed by atoms with Gasteiger partial charge in [0.15, 0.2) is 0 Å². The van der Waals surface area contributed by atoms with Crippen LogP contribution in [0.5, 0.6) is 0 Å². The van der Waals surface area contributed by atoms with Gasteiger partial charge in [0.2, 0.25) is 5.91 Å². The van der Waals surface area contributed by atoms with Gasteiger partial charge in [-0.25, -0.2) is 4.79 Å². The maximum Gasteiger partial charge on any atom is 0.407 e. The van der Waals surface area contributed by atoms with Gasteiger partial charge in [0.25, 0.3) is 0 Å². The van der Waals surface area contributed by atoms with Crippen molar-refractivity contribution in [3.63, 3.8) is 0 Å². The van der Waals surface area contributed by atoms with Crippen LogP contribution in [0.1, 0.15) is 74.0 Å². The fraction of sp³-hybridized carbons (Fsp3) is 0.659. The lowest BCUT2D eigenvalue weighted by Crippen LogP contribution is -2.54. The van der Waals surface area contributed by atoms with Crippen LogP contribution in [0.2, 0.25) is 0 Å². The number of amides is 2. The number of unbranched alkanes of at least 4 members (excludes halogenated alkanes) is 1. The van der Waals surface area contributed by atoms with Gasteiger partial charge in [0.05, 0.1) is 25.4 Å². The molecule has 0 heterocycles. The van der Waals surface area contributed by atoms with E-state index >= 15 is 0 Å². The summed E-state index contributed by atoms with van der Waals surface area (Å²) >= 11 is 0. The average molecular weight is 808 g/mol. The van der Waals surface area contributed by atoms with Gasteiger partial charge in [0, 0.05) is 39.1 Å². The number of aliphatic hydroxyl groups is 10. The minimum absolute atomic E-state index is 0.00369. The van der Waals surface area contributed by atoms with Crippen molar-refractivity contribution in [2.75, 3.05) is 45.9 Å². The lowest BCUT2D eigenvalue weighted by Gasteiger charge is -2.33. The minimum Gasteiger partial charge on any atom is -0.445 e. The number of ether oxygens (including phenoxy) is 1. The van der Waals surface area contributed by atoms with Crippen LogP contribution in [0.4, 0.5) is 4.79 Å². The standard InChI is InChI=1S/C41H65N3O13/c45-24-34(49)39(54)37(52)32(47)22-44(23-33(48)38(53)40(55)35(50)25-46)21-20-42-36(51)18-13-28-11-16-31(17-12-28)30-14-9-27(10-15-30)6-4-5-19-43-41(56)57-26-29-7-2-1-3-8-29/h1-3,7-10,14-15,28,31-35,37-40,45-50,52-55H,4-6,11-13,16-26H2,(H,42,51)(H,43,56)/t28?,31?,32-,33-,34+,35+,37+,38+,39+,40+/m0/s1. The highest BCUT2D eigenvalue weighted by molar-refractivity contribution is 5.75. The van der Waals surface area contributed by atoms with E-state index in [0.29, 0.717) is 31.2 Å². The van der Waals surface area contributed by atoms with Gasteiger partial charge in [-0.1, -0.05) is 54.6 Å². The SMILES string of the molecule is O=C(CCC1CCC(c2ccc(CCCCNC(=O)OCc3ccccc3)cc2)CC1)NCCN(C[C@H](O)[C@@H](O)[C@H](O)[C@H](O)CO)C[C@H](O)[C@@H](O)[C@H](O)[C@H](O)CO. The molecule has 2 amide bonds. The molecule has 0 radical (unpaired) electrons. The Kier molecular flexibility index (Phi) is 21.9. The number of hydrogen-bond acceptors (Lipinski definition) is 14. The number of benzene rings is 2. The number of carbonyl (C=O) groups is 2. The quantitative estimate of drug-likeness (QED) is 0.0524. The van der Waals surface area contributed by atoms with Crippen molar-refractivity contribution in [2.24, 2.45) is 5.92 Å². The molecule has 0 bridgehead atoms. The molecule has 8 atom stereocenters. The Balaban J connectivity index is 1.35. The molecule has 0 unspecified atom stereocenters. The number of hydrogen-bond donors (Lipinski definition) is 12. The predicted octanol–water partition coefficient (Wildman–Crippen LogP) is -0.720. The van der Waals surface area contributed by atoms with Crippen LogP contribution in [0.25, 0.3) is 0 Å². The number of rotatable bonds is 26. The molecule has 0 aromatic heterocycles. The topological polar surface area (TPSA) is 273 Å². The molecule has 1 fully saturated rings. The summed E-state index contributed by atoms with van der Waals surface area (Å²) in [5.74, 6) is 0.669. The smallest absolute Gasteiger partial charge is 0.407 e. The molecule has 0 spiro atoms. The van der Waals surface area contributed by atoms with E-state index in [-0.39, 0.29) is 25.6 Å². The first-order valence-corrected chi connectivity index (χ1v) is 20.0. The van der Waals surface area contributed by atoms with Crippen molar-refractivity contribution in [1.82, 2.24) is 15.5 Å². The maximum absolute atomic E-state index is 12.8. The van der Waals surface area contributed by atoms with Crippen LogP contribution < -0.4 is 10.6 Å². The van der Waals surface area contributed by atoms with Gasteiger partial charge in [-0.3, -0.25) is 9.69 Å². The Morgan fingerprint density at radius 1 is 0.667 bits per heavy atom. The Morgan fingerprint density at radius 2 is 1.23 bits per heavy atom. The highest BCUT2D eigenvalue weighted by atomic mass is 16.5. The zero-order valence-corrected chi connectivity index (χ0v) is 32.6. The molecule has 2 aromatic rings. The molecule has 3 rings (SSSR count). The summed E-state index contributed by atoms with van der Waals surface area (Å²) < 4.78 is 5.25. The highest BCUT2D eigenvalue weighted by Crippen LogP contribution is 2.37. The van der Waals surface area contributed by atoms with E-state index in [1.165, 1.54) is 16.0 Å². The summed E-state index contributed by atoms with van der Waals surface area (Å²) in [6.45, 7) is -1.69. The Labute approximate surface area is 334 Å². The second-order valence-electron chi connectivity index (χ2n) is 15.1. The molecule has 57 heavy (non-hydrogen) atoms. The van der Waals surface area contributed by atoms with E-state index in [1.54, 1.807) is 0 Å². The first-order valence-electron chi connectivity index (χ1n) is 20.0. The third-order valence-electron chi connectivity index (χ3n) is 10.7. The summed E-state index contributed by atoms with van der Waals surface area (Å²) in [5.41, 5.74) is 3.51. The zero-order valence-electron chi connectivity index (χ0n) is 32.6. The summed E-state index contributed by atoms with van der Waals surface area (Å²) in [7, 11) is 0. The highest BCUT2D eigenvalue weighted by Gasteiger charge is 2.34. The van der Waals surface area contributed by atoms with Crippen LogP contribution in [-0.2, 0) is 22.6 Å². The fourth-order valence-electron chi connectivity index (χ4n) is 7.07. The van der Waals surface area contributed by atoms with E-state index in [4.69, 9.17) is 14.9 Å². The van der Waals surface area contributed by atoms with Crippen molar-refractivity contribution in [2.45, 2.75) is 119 Å². The van der Waals surface area contributed by atoms with Gasteiger partial charge in [-0.15, -0.1) is 0 Å². The van der Waals surface area contributed by atoms with Gasteiger partial charge in [-0.05, 0) is 79.9 Å². The van der Waals surface area contributed by atoms with E-state index in [1.807, 2.05) is 30.3 Å². The molecular formula is C41H65N3O13. The molecule has 1 aliphatic rings. The average Bonchev–Trinajstić information content (AvgIpc) is 3.23. The Hall–Kier alpha value is -3.26. The third kappa shape index (κ3) is 17.2. The molecule has 1 saturated carbocycles. The molecule has 16 nitrogen and oxygen atoms in total. The summed E-state index contributed by atoms with van der Waals surface area (Å²) in [6, 6.07) is 18.3. The number of carbonyl (C=O) groups excluding carboxylic acids is 2. The lowest BCUT2D eigenvalue weighted by molar-refractivity contribution is -0.130. The van der Waals surface area contributed by atoms with Crippen molar-refractivity contribution in [1.29, 1.82) is 0 Å². The summed E-state index contributed by atoms with van der Waals surface area (Å²) in [5, 5.41) is 105. The molecule has 322 valence electrons. The number of nitrogens with one attached hydrogen (secondary N) is 2. The molecule has 12 N–H and O–H groups in total. The largest absolute Gasteiger partial charge is 0.445 e. The first kappa shape index (κ1) is 48.1. The zero-order chi connectivity index (χ0) is 41.7. The monoisotopic (exact) mass is 807 g/mol. The molecular weight excluding hydrogens is 742 g/mol. The molecule has 1 aliphatic carbocycles. The fourth-order valence-corrected chi connectivity index (χ4v) is 7.07. The second-order valence-corrected chi connectivity index (χ2v) is 15.1. The van der Waals surface area contributed by atoms with E-state index in [9.17, 15) is 50.4 Å². The number of aliphatic hydroxyl groups excluding tert-OH is 10. The normalized spacial score (nSPS) is 20.1. The third-order valence-corrected chi connectivity index (χ3v) is 10.7. The summed E-state index contributed by atoms with van der Waals surface area (Å²) in [6.07, 6.45) is -7.01. The van der Waals surface area contributed by atoms with Crippen LogP contribution >= 0.6 is 0 Å². The second kappa shape index (κ2) is 26.0. The molecule has 0 aliphatic heterocycles. The Morgan fingerprint density at radius 3 is 1.79 bits per heavy atom. The predicted molar refractivity (Wildman–Crippen MR) is 210 cm³/mol. The van der Waals surface area contributed by atoms with Crippen LogP contribution in [0.15, 0.2) is 54.6 Å². The first-order chi connectivity index (χ1) is 27.3. The van der Waals surface area contributed by atoms with Gasteiger partial charge >= 0.3 is 6.09 Å². The molecule has 2 aromatic carbocycles. The van der Waals surface area contributed by atoms with Gasteiger partial charge < -0.3 is 66.4 Å². The van der Waals surface area contributed by atoms with Gasteiger partial charge in [0.1, 0.15) is 43.2 Å². The van der Waals surface area contributed by atoms with Crippen LogP contribution in [-0.4, -0.2) is 163 Å². The van der Waals surface area contributed by atoms with Crippen molar-refractivity contribution in [3.8, 4) is 0 Å². The van der Waals surface area contributed by atoms with Crippen LogP contribution in [0, 0.1) is 5.92 Å². The van der Waals surface area contributed by atoms with Gasteiger partial charge in [-0.2, -0.15) is 0 Å². The maximum atomic E-state index is 12.8. The summed E-state index contributed by atoms with van der Waals surface area (Å²) in [4.78, 5) is 26.0. The van der Waals surface area contributed by atoms with Crippen LogP contribution in [0.3, 0.4) is 0 Å². The Bertz CT molecular complexity index is 1370. The minimum atomic E-state index is -1.89. The number of aryl methyl sites for hydroxylation is 1.